The molecule has 0 spiro atoms. The summed E-state index contributed by atoms with van der Waals surface area (Å²) in [5.74, 6) is 0. The zero-order chi connectivity index (χ0) is 23.5. The van der Waals surface area contributed by atoms with Crippen LogP contribution in [0.2, 0.25) is 0 Å². The van der Waals surface area contributed by atoms with Gasteiger partial charge in [-0.15, -0.1) is 0 Å². The Labute approximate surface area is 206 Å². The van der Waals surface area contributed by atoms with E-state index in [9.17, 15) is 0 Å². The van der Waals surface area contributed by atoms with Gasteiger partial charge in [-0.2, -0.15) is 0 Å². The molecule has 0 aliphatic carbocycles. The van der Waals surface area contributed by atoms with E-state index in [4.69, 9.17) is 0 Å². The minimum atomic E-state index is 1.07. The van der Waals surface area contributed by atoms with Crippen LogP contribution in [0.1, 0.15) is 0 Å². The highest BCUT2D eigenvalue weighted by atomic mass is 14.9. The van der Waals surface area contributed by atoms with Gasteiger partial charge in [0, 0.05) is 11.4 Å². The van der Waals surface area contributed by atoms with Crippen molar-refractivity contribution < 1.29 is 0 Å². The molecule has 6 aromatic carbocycles. The number of rotatable bonds is 5. The standard InChI is InChI=1S/C34H25N/c1-2-7-25(8-3-1)27-13-15-28(16-14-27)29-19-21-33(22-20-29)35-34-12-6-11-31(24-34)32-18-17-26-9-4-5-10-30(26)23-32/h1-24,35H. The summed E-state index contributed by atoms with van der Waals surface area (Å²) in [5, 5.41) is 6.08. The van der Waals surface area contributed by atoms with Gasteiger partial charge in [-0.1, -0.05) is 115 Å². The third-order valence-electron chi connectivity index (χ3n) is 6.44. The van der Waals surface area contributed by atoms with Crippen molar-refractivity contribution in [2.24, 2.45) is 0 Å². The number of anilines is 2. The number of hydrogen-bond donors (Lipinski definition) is 1. The van der Waals surface area contributed by atoms with Crippen molar-refractivity contribution in [2.45, 2.75) is 0 Å². The van der Waals surface area contributed by atoms with Crippen LogP contribution in [0.25, 0.3) is 44.2 Å². The highest BCUT2D eigenvalue weighted by Gasteiger charge is 2.04. The van der Waals surface area contributed by atoms with Crippen molar-refractivity contribution in [3.05, 3.63) is 146 Å². The maximum absolute atomic E-state index is 3.56. The normalized spacial score (nSPS) is 10.9. The Morgan fingerprint density at radius 3 is 1.51 bits per heavy atom. The lowest BCUT2D eigenvalue weighted by Gasteiger charge is -2.11. The third kappa shape index (κ3) is 4.58. The van der Waals surface area contributed by atoms with Crippen molar-refractivity contribution in [3.63, 3.8) is 0 Å². The lowest BCUT2D eigenvalue weighted by atomic mass is 10.00. The molecular weight excluding hydrogens is 422 g/mol. The molecule has 35 heavy (non-hydrogen) atoms. The van der Waals surface area contributed by atoms with E-state index in [0.717, 1.165) is 11.4 Å². The summed E-state index contributed by atoms with van der Waals surface area (Å²) >= 11 is 0. The largest absolute Gasteiger partial charge is 0.356 e. The van der Waals surface area contributed by atoms with Crippen molar-refractivity contribution in [2.75, 3.05) is 5.32 Å². The molecule has 6 aromatic rings. The zero-order valence-electron chi connectivity index (χ0n) is 19.4. The Balaban J connectivity index is 1.19. The minimum Gasteiger partial charge on any atom is -0.356 e. The number of benzene rings is 6. The molecule has 0 aromatic heterocycles. The summed E-state index contributed by atoms with van der Waals surface area (Å²) in [5.41, 5.74) is 9.48. The molecule has 0 amide bonds. The van der Waals surface area contributed by atoms with E-state index in [1.54, 1.807) is 0 Å². The molecular formula is C34H25N. The highest BCUT2D eigenvalue weighted by molar-refractivity contribution is 5.87. The van der Waals surface area contributed by atoms with E-state index in [2.05, 4.69) is 145 Å². The van der Waals surface area contributed by atoms with E-state index in [-0.39, 0.29) is 0 Å². The molecule has 0 aliphatic rings. The molecule has 0 saturated heterocycles. The van der Waals surface area contributed by atoms with Crippen molar-refractivity contribution in [1.82, 2.24) is 0 Å². The van der Waals surface area contributed by atoms with Gasteiger partial charge in [0.15, 0.2) is 0 Å². The zero-order valence-corrected chi connectivity index (χ0v) is 19.4. The molecule has 1 heteroatoms. The fraction of sp³-hybridized carbons (Fsp3) is 0. The third-order valence-corrected chi connectivity index (χ3v) is 6.44. The van der Waals surface area contributed by atoms with Gasteiger partial charge in [-0.25, -0.2) is 0 Å². The predicted octanol–water partition coefficient (Wildman–Crippen LogP) is 9.58. The van der Waals surface area contributed by atoms with Crippen LogP contribution in [-0.2, 0) is 0 Å². The molecule has 0 aliphatic heterocycles. The van der Waals surface area contributed by atoms with Gasteiger partial charge in [-0.05, 0) is 74.5 Å². The van der Waals surface area contributed by atoms with Crippen LogP contribution in [0.3, 0.4) is 0 Å². The van der Waals surface area contributed by atoms with Gasteiger partial charge in [0.2, 0.25) is 0 Å². The molecule has 0 unspecified atom stereocenters. The van der Waals surface area contributed by atoms with Crippen LogP contribution in [0.4, 0.5) is 11.4 Å². The minimum absolute atomic E-state index is 1.07. The van der Waals surface area contributed by atoms with E-state index in [0.29, 0.717) is 0 Å². The molecule has 0 fully saturated rings. The van der Waals surface area contributed by atoms with Crippen LogP contribution < -0.4 is 5.32 Å². The summed E-state index contributed by atoms with van der Waals surface area (Å²) in [6.45, 7) is 0. The summed E-state index contributed by atoms with van der Waals surface area (Å²) in [6.07, 6.45) is 0. The van der Waals surface area contributed by atoms with E-state index in [1.165, 1.54) is 44.2 Å². The molecule has 166 valence electrons. The average Bonchev–Trinajstić information content (AvgIpc) is 2.94. The molecule has 0 heterocycles. The van der Waals surface area contributed by atoms with E-state index < -0.39 is 0 Å². The second-order valence-electron chi connectivity index (χ2n) is 8.79. The lowest BCUT2D eigenvalue weighted by Crippen LogP contribution is -1.91. The summed E-state index contributed by atoms with van der Waals surface area (Å²) < 4.78 is 0. The van der Waals surface area contributed by atoms with Gasteiger partial charge in [0.25, 0.3) is 0 Å². The molecule has 0 radical (unpaired) electrons. The second-order valence-corrected chi connectivity index (χ2v) is 8.79. The molecule has 0 saturated carbocycles. The first-order valence-electron chi connectivity index (χ1n) is 11.9. The Hall–Kier alpha value is -4.62. The first-order chi connectivity index (χ1) is 17.3. The SMILES string of the molecule is c1ccc(-c2ccc(-c3ccc(Nc4cccc(-c5ccc6ccccc6c5)c4)cc3)cc2)cc1. The molecule has 0 bridgehead atoms. The van der Waals surface area contributed by atoms with Gasteiger partial charge in [0.05, 0.1) is 0 Å². The topological polar surface area (TPSA) is 12.0 Å². The quantitative estimate of drug-likeness (QED) is 0.277. The fourth-order valence-electron chi connectivity index (χ4n) is 4.54. The summed E-state index contributed by atoms with van der Waals surface area (Å²) in [4.78, 5) is 0. The monoisotopic (exact) mass is 447 g/mol. The van der Waals surface area contributed by atoms with E-state index in [1.807, 2.05) is 6.07 Å². The number of hydrogen-bond acceptors (Lipinski definition) is 1. The van der Waals surface area contributed by atoms with Crippen LogP contribution in [-0.4, -0.2) is 0 Å². The van der Waals surface area contributed by atoms with Crippen molar-refractivity contribution in [1.29, 1.82) is 0 Å². The lowest BCUT2D eigenvalue weighted by molar-refractivity contribution is 1.53. The van der Waals surface area contributed by atoms with Gasteiger partial charge < -0.3 is 5.32 Å². The summed E-state index contributed by atoms with van der Waals surface area (Å²) in [7, 11) is 0. The molecule has 6 rings (SSSR count). The average molecular weight is 448 g/mol. The van der Waals surface area contributed by atoms with Gasteiger partial charge >= 0.3 is 0 Å². The predicted molar refractivity (Wildman–Crippen MR) is 150 cm³/mol. The Bertz CT molecular complexity index is 1580. The molecule has 0 atom stereocenters. The van der Waals surface area contributed by atoms with E-state index >= 15 is 0 Å². The van der Waals surface area contributed by atoms with Crippen molar-refractivity contribution in [3.8, 4) is 33.4 Å². The van der Waals surface area contributed by atoms with Crippen LogP contribution in [0.15, 0.2) is 146 Å². The highest BCUT2D eigenvalue weighted by Crippen LogP contribution is 2.29. The number of fused-ring (bicyclic) bond motifs is 1. The van der Waals surface area contributed by atoms with Gasteiger partial charge in [-0.3, -0.25) is 0 Å². The van der Waals surface area contributed by atoms with Crippen LogP contribution in [0.5, 0.6) is 0 Å². The fourth-order valence-corrected chi connectivity index (χ4v) is 4.54. The Morgan fingerprint density at radius 1 is 0.286 bits per heavy atom. The molecule has 1 nitrogen and oxygen atoms in total. The van der Waals surface area contributed by atoms with Crippen LogP contribution >= 0.6 is 0 Å². The maximum atomic E-state index is 3.56. The summed E-state index contributed by atoms with van der Waals surface area (Å²) in [6, 6.07) is 51.6. The smallest absolute Gasteiger partial charge is 0.0390 e. The van der Waals surface area contributed by atoms with Crippen molar-refractivity contribution >= 4 is 22.1 Å². The Kier molecular flexibility index (Phi) is 5.58. The number of nitrogens with one attached hydrogen (secondary N) is 1. The maximum Gasteiger partial charge on any atom is 0.0390 e. The van der Waals surface area contributed by atoms with Crippen LogP contribution in [0, 0.1) is 0 Å². The molecule has 1 N–H and O–H groups in total. The first-order valence-corrected chi connectivity index (χ1v) is 11.9. The first kappa shape index (κ1) is 20.9. The second kappa shape index (κ2) is 9.32. The Morgan fingerprint density at radius 2 is 0.800 bits per heavy atom. The van der Waals surface area contributed by atoms with Gasteiger partial charge in [0.1, 0.15) is 0 Å².